The molecule has 1 aromatic heterocycles. The second-order valence-electron chi connectivity index (χ2n) is 4.58. The molecule has 0 bridgehead atoms. The molecule has 1 fully saturated rings. The van der Waals surface area contributed by atoms with Crippen LogP contribution in [0.1, 0.15) is 34.9 Å². The van der Waals surface area contributed by atoms with Crippen LogP contribution in [0.3, 0.4) is 0 Å². The number of nitrogens with zero attached hydrogens (tertiary/aromatic N) is 1. The molecule has 0 unspecified atom stereocenters. The number of hydrogen-bond donors (Lipinski definition) is 2. The van der Waals surface area contributed by atoms with E-state index in [2.05, 4.69) is 15.3 Å². The van der Waals surface area contributed by atoms with Crippen molar-refractivity contribution in [2.24, 2.45) is 0 Å². The van der Waals surface area contributed by atoms with E-state index in [1.165, 1.54) is 12.8 Å². The van der Waals surface area contributed by atoms with Crippen LogP contribution in [0.15, 0.2) is 18.2 Å². The number of ketones is 1. The number of aromatic nitrogens is 2. The molecule has 0 radical (unpaired) electrons. The van der Waals surface area contributed by atoms with Crippen molar-refractivity contribution in [3.8, 4) is 0 Å². The fourth-order valence-corrected chi connectivity index (χ4v) is 2.02. The van der Waals surface area contributed by atoms with Crippen molar-refractivity contribution in [1.82, 2.24) is 15.3 Å². The Morgan fingerprint density at radius 2 is 2.35 bits per heavy atom. The number of benzene rings is 1. The molecule has 0 spiro atoms. The molecule has 2 aromatic rings. The topological polar surface area (TPSA) is 57.8 Å². The maximum Gasteiger partial charge on any atom is 0.176 e. The number of nitrogens with one attached hydrogen (secondary N) is 2. The molecule has 0 atom stereocenters. The molecule has 0 aliphatic heterocycles. The number of likely N-dealkylation sites (N-methyl/N-ethyl adjacent to an activating group) is 1. The molecular weight excluding hydrogens is 214 g/mol. The van der Waals surface area contributed by atoms with Gasteiger partial charge in [-0.3, -0.25) is 4.79 Å². The summed E-state index contributed by atoms with van der Waals surface area (Å²) < 4.78 is 0. The van der Waals surface area contributed by atoms with Gasteiger partial charge in [0.25, 0.3) is 0 Å². The minimum Gasteiger partial charge on any atom is -0.342 e. The number of H-pyrrole nitrogens is 1. The fourth-order valence-electron chi connectivity index (χ4n) is 2.02. The summed E-state index contributed by atoms with van der Waals surface area (Å²) in [6.45, 7) is 0.370. The normalized spacial score (nSPS) is 15.4. The molecule has 0 amide bonds. The third kappa shape index (κ3) is 1.96. The molecule has 1 aliphatic rings. The van der Waals surface area contributed by atoms with E-state index in [4.69, 9.17) is 0 Å². The Hall–Kier alpha value is -1.68. The lowest BCUT2D eigenvalue weighted by Crippen LogP contribution is -2.18. The molecule has 0 saturated heterocycles. The lowest BCUT2D eigenvalue weighted by atomic mass is 10.1. The van der Waals surface area contributed by atoms with E-state index >= 15 is 0 Å². The van der Waals surface area contributed by atoms with Crippen LogP contribution in [0.25, 0.3) is 11.0 Å². The zero-order valence-corrected chi connectivity index (χ0v) is 9.79. The van der Waals surface area contributed by atoms with Crippen molar-refractivity contribution in [3.63, 3.8) is 0 Å². The third-order valence-corrected chi connectivity index (χ3v) is 3.12. The zero-order chi connectivity index (χ0) is 11.8. The summed E-state index contributed by atoms with van der Waals surface area (Å²) >= 11 is 0. The summed E-state index contributed by atoms with van der Waals surface area (Å²) in [5, 5.41) is 2.87. The highest BCUT2D eigenvalue weighted by Gasteiger charge is 2.26. The second kappa shape index (κ2) is 3.96. The zero-order valence-electron chi connectivity index (χ0n) is 9.79. The van der Waals surface area contributed by atoms with E-state index in [0.29, 0.717) is 12.5 Å². The van der Waals surface area contributed by atoms with E-state index in [1.807, 2.05) is 18.2 Å². The van der Waals surface area contributed by atoms with Gasteiger partial charge in [0.15, 0.2) is 5.78 Å². The van der Waals surface area contributed by atoms with E-state index in [9.17, 15) is 4.79 Å². The number of rotatable bonds is 4. The number of imidazole rings is 1. The molecule has 1 aliphatic carbocycles. The van der Waals surface area contributed by atoms with Gasteiger partial charge in [0, 0.05) is 11.5 Å². The average Bonchev–Trinajstić information content (AvgIpc) is 3.08. The number of fused-ring (bicyclic) bond motifs is 1. The number of hydrogen-bond acceptors (Lipinski definition) is 3. The van der Waals surface area contributed by atoms with Gasteiger partial charge in [-0.1, -0.05) is 0 Å². The van der Waals surface area contributed by atoms with Crippen LogP contribution >= 0.6 is 0 Å². The Labute approximate surface area is 99.4 Å². The van der Waals surface area contributed by atoms with Gasteiger partial charge < -0.3 is 10.3 Å². The summed E-state index contributed by atoms with van der Waals surface area (Å²) in [5.41, 5.74) is 2.65. The summed E-state index contributed by atoms with van der Waals surface area (Å²) in [4.78, 5) is 19.6. The maximum atomic E-state index is 11.7. The summed E-state index contributed by atoms with van der Waals surface area (Å²) in [6, 6.07) is 5.66. The highest BCUT2D eigenvalue weighted by Crippen LogP contribution is 2.39. The predicted octanol–water partition coefficient (Wildman–Crippen LogP) is 1.84. The molecule has 88 valence electrons. The average molecular weight is 229 g/mol. The number of carbonyl (C=O) groups is 1. The smallest absolute Gasteiger partial charge is 0.176 e. The number of aromatic amines is 1. The van der Waals surface area contributed by atoms with E-state index in [-0.39, 0.29) is 5.78 Å². The number of Topliss-reactive ketones (excluding diaryl/α,β-unsaturated/α-hetero) is 1. The van der Waals surface area contributed by atoms with Crippen LogP contribution in [0.5, 0.6) is 0 Å². The highest BCUT2D eigenvalue weighted by atomic mass is 16.1. The molecular formula is C13H15N3O. The van der Waals surface area contributed by atoms with Crippen molar-refractivity contribution < 1.29 is 4.79 Å². The lowest BCUT2D eigenvalue weighted by molar-refractivity contribution is 0.0993. The van der Waals surface area contributed by atoms with Crippen molar-refractivity contribution in [1.29, 1.82) is 0 Å². The Morgan fingerprint density at radius 3 is 3.06 bits per heavy atom. The van der Waals surface area contributed by atoms with Crippen LogP contribution in [0, 0.1) is 0 Å². The van der Waals surface area contributed by atoms with Crippen molar-refractivity contribution in [2.75, 3.05) is 13.6 Å². The SMILES string of the molecule is CNCC(=O)c1ccc2nc(C3CC3)[nH]c2c1. The molecule has 17 heavy (non-hydrogen) atoms. The van der Waals surface area contributed by atoms with Gasteiger partial charge in [0.05, 0.1) is 17.6 Å². The van der Waals surface area contributed by atoms with Crippen LogP contribution in [0.4, 0.5) is 0 Å². The quantitative estimate of drug-likeness (QED) is 0.786. The van der Waals surface area contributed by atoms with Gasteiger partial charge in [0.2, 0.25) is 0 Å². The van der Waals surface area contributed by atoms with Crippen molar-refractivity contribution in [3.05, 3.63) is 29.6 Å². The van der Waals surface area contributed by atoms with E-state index < -0.39 is 0 Å². The lowest BCUT2D eigenvalue weighted by Gasteiger charge is -1.99. The van der Waals surface area contributed by atoms with Crippen molar-refractivity contribution in [2.45, 2.75) is 18.8 Å². The van der Waals surface area contributed by atoms with E-state index in [1.54, 1.807) is 7.05 Å². The predicted molar refractivity (Wildman–Crippen MR) is 66.3 cm³/mol. The second-order valence-corrected chi connectivity index (χ2v) is 4.58. The largest absolute Gasteiger partial charge is 0.342 e. The third-order valence-electron chi connectivity index (χ3n) is 3.12. The minimum absolute atomic E-state index is 0.108. The van der Waals surface area contributed by atoms with Crippen LogP contribution in [-0.2, 0) is 0 Å². The van der Waals surface area contributed by atoms with E-state index in [0.717, 1.165) is 22.4 Å². The first-order valence-electron chi connectivity index (χ1n) is 5.95. The Morgan fingerprint density at radius 1 is 1.53 bits per heavy atom. The Balaban J connectivity index is 1.97. The highest BCUT2D eigenvalue weighted by molar-refractivity contribution is 6.00. The molecule has 1 saturated carbocycles. The summed E-state index contributed by atoms with van der Waals surface area (Å²) in [7, 11) is 1.78. The monoisotopic (exact) mass is 229 g/mol. The summed E-state index contributed by atoms with van der Waals surface area (Å²) in [5.74, 6) is 1.79. The molecule has 1 heterocycles. The van der Waals surface area contributed by atoms with Gasteiger partial charge >= 0.3 is 0 Å². The van der Waals surface area contributed by atoms with Crippen LogP contribution in [-0.4, -0.2) is 29.3 Å². The molecule has 3 rings (SSSR count). The Bertz CT molecular complexity index is 569. The first kappa shape index (κ1) is 10.5. The molecule has 2 N–H and O–H groups in total. The first-order chi connectivity index (χ1) is 8.28. The molecule has 4 nitrogen and oxygen atoms in total. The molecule has 1 aromatic carbocycles. The standard InChI is InChI=1S/C13H15N3O/c1-14-7-12(17)9-4-5-10-11(6-9)16-13(15-10)8-2-3-8/h4-6,8,14H,2-3,7H2,1H3,(H,15,16). The van der Waals surface area contributed by atoms with Gasteiger partial charge in [-0.15, -0.1) is 0 Å². The number of carbonyl (C=O) groups excluding carboxylic acids is 1. The van der Waals surface area contributed by atoms with Gasteiger partial charge in [-0.25, -0.2) is 4.98 Å². The molecule has 4 heteroatoms. The Kier molecular flexibility index (Phi) is 2.44. The minimum atomic E-state index is 0.108. The van der Waals surface area contributed by atoms with Gasteiger partial charge in [-0.05, 0) is 38.1 Å². The first-order valence-corrected chi connectivity index (χ1v) is 5.95. The van der Waals surface area contributed by atoms with Crippen LogP contribution < -0.4 is 5.32 Å². The van der Waals surface area contributed by atoms with Crippen molar-refractivity contribution >= 4 is 16.8 Å². The fraction of sp³-hybridized carbons (Fsp3) is 0.385. The maximum absolute atomic E-state index is 11.7. The summed E-state index contributed by atoms with van der Waals surface area (Å²) in [6.07, 6.45) is 2.46. The van der Waals surface area contributed by atoms with Crippen LogP contribution in [0.2, 0.25) is 0 Å². The van der Waals surface area contributed by atoms with Gasteiger partial charge in [0.1, 0.15) is 5.82 Å². The van der Waals surface area contributed by atoms with Gasteiger partial charge in [-0.2, -0.15) is 0 Å².